The van der Waals surface area contributed by atoms with Crippen molar-refractivity contribution in [2.75, 3.05) is 5.32 Å². The summed E-state index contributed by atoms with van der Waals surface area (Å²) >= 11 is 4.64. The van der Waals surface area contributed by atoms with E-state index in [0.29, 0.717) is 5.56 Å². The van der Waals surface area contributed by atoms with Crippen molar-refractivity contribution in [1.82, 2.24) is 0 Å². The minimum absolute atomic E-state index is 0.0803. The van der Waals surface area contributed by atoms with Crippen LogP contribution in [0.25, 0.3) is 0 Å². The van der Waals surface area contributed by atoms with Crippen LogP contribution in [0.2, 0.25) is 0 Å². The molecule has 2 aromatic rings. The number of halogens is 3. The number of rotatable bonds is 4. The highest BCUT2D eigenvalue weighted by atomic mass is 32.1. The smallest absolute Gasteiger partial charge is 0.182 e. The lowest BCUT2D eigenvalue weighted by Crippen LogP contribution is -2.15. The first kappa shape index (κ1) is 15.3. The molecular weight excluding hydrogens is 297 g/mol. The van der Waals surface area contributed by atoms with Crippen molar-refractivity contribution < 1.29 is 13.2 Å². The molecule has 0 fully saturated rings. The van der Waals surface area contributed by atoms with E-state index in [1.807, 2.05) is 0 Å². The summed E-state index contributed by atoms with van der Waals surface area (Å²) in [6, 6.07) is 8.19. The van der Waals surface area contributed by atoms with E-state index in [4.69, 9.17) is 5.73 Å². The van der Waals surface area contributed by atoms with Gasteiger partial charge in [-0.1, -0.05) is 30.4 Å². The van der Waals surface area contributed by atoms with Crippen LogP contribution in [0.15, 0.2) is 36.4 Å². The van der Waals surface area contributed by atoms with E-state index in [1.54, 1.807) is 25.1 Å². The van der Waals surface area contributed by atoms with Crippen molar-refractivity contribution in [3.8, 4) is 0 Å². The summed E-state index contributed by atoms with van der Waals surface area (Å²) < 4.78 is 41.4. The molecular formula is C15H13F3N2S. The Bertz CT molecular complexity index is 689. The van der Waals surface area contributed by atoms with E-state index in [-0.39, 0.29) is 16.2 Å². The zero-order chi connectivity index (χ0) is 15.6. The molecule has 2 aromatic carbocycles. The molecule has 2 nitrogen and oxygen atoms in total. The summed E-state index contributed by atoms with van der Waals surface area (Å²) in [6.07, 6.45) is 0. The molecule has 0 bridgehead atoms. The van der Waals surface area contributed by atoms with Gasteiger partial charge in [-0.2, -0.15) is 0 Å². The molecule has 110 valence electrons. The van der Waals surface area contributed by atoms with Crippen molar-refractivity contribution in [3.05, 3.63) is 65.0 Å². The maximum absolute atomic E-state index is 14.0. The SMILES string of the molecule is CC(Nc1ccc(C(N)=S)c(F)c1F)c1ccccc1F. The fourth-order valence-electron chi connectivity index (χ4n) is 1.99. The highest BCUT2D eigenvalue weighted by Crippen LogP contribution is 2.26. The van der Waals surface area contributed by atoms with E-state index in [0.717, 1.165) is 0 Å². The molecule has 3 N–H and O–H groups in total. The Morgan fingerprint density at radius 2 is 1.76 bits per heavy atom. The molecule has 0 aliphatic rings. The first-order valence-corrected chi connectivity index (χ1v) is 6.61. The standard InChI is InChI=1S/C15H13F3N2S/c1-8(9-4-2-3-5-11(9)16)20-12-7-6-10(15(19)21)13(17)14(12)18/h2-8,20H,1H3,(H2,19,21). The lowest BCUT2D eigenvalue weighted by atomic mass is 10.1. The van der Waals surface area contributed by atoms with Gasteiger partial charge < -0.3 is 11.1 Å². The normalized spacial score (nSPS) is 12.0. The first-order valence-electron chi connectivity index (χ1n) is 6.20. The second-order valence-electron chi connectivity index (χ2n) is 4.54. The van der Waals surface area contributed by atoms with Gasteiger partial charge in [-0.15, -0.1) is 0 Å². The van der Waals surface area contributed by atoms with Gasteiger partial charge in [-0.25, -0.2) is 13.2 Å². The van der Waals surface area contributed by atoms with Gasteiger partial charge in [0.05, 0.1) is 11.7 Å². The fourth-order valence-corrected chi connectivity index (χ4v) is 2.15. The molecule has 0 aliphatic heterocycles. The summed E-state index contributed by atoms with van der Waals surface area (Å²) in [5.41, 5.74) is 5.42. The van der Waals surface area contributed by atoms with Crippen LogP contribution in [-0.4, -0.2) is 4.99 Å². The van der Waals surface area contributed by atoms with Gasteiger partial charge in [0.25, 0.3) is 0 Å². The van der Waals surface area contributed by atoms with Crippen molar-refractivity contribution >= 4 is 22.9 Å². The average molecular weight is 310 g/mol. The average Bonchev–Trinajstić information content (AvgIpc) is 2.44. The molecule has 0 aliphatic carbocycles. The monoisotopic (exact) mass is 310 g/mol. The molecule has 1 atom stereocenters. The quantitative estimate of drug-likeness (QED) is 0.841. The summed E-state index contributed by atoms with van der Waals surface area (Å²) in [4.78, 5) is -0.222. The third-order valence-electron chi connectivity index (χ3n) is 3.09. The third kappa shape index (κ3) is 3.16. The lowest BCUT2D eigenvalue weighted by molar-refractivity contribution is 0.508. The van der Waals surface area contributed by atoms with E-state index < -0.39 is 23.5 Å². The molecule has 0 saturated heterocycles. The Balaban J connectivity index is 2.30. The zero-order valence-corrected chi connectivity index (χ0v) is 12.0. The number of thiocarbonyl (C=S) groups is 1. The van der Waals surface area contributed by atoms with Gasteiger partial charge in [0.1, 0.15) is 10.8 Å². The molecule has 0 amide bonds. The fraction of sp³-hybridized carbons (Fsp3) is 0.133. The van der Waals surface area contributed by atoms with E-state index in [1.165, 1.54) is 18.2 Å². The number of benzene rings is 2. The molecule has 0 aromatic heterocycles. The Kier molecular flexibility index (Phi) is 4.47. The largest absolute Gasteiger partial charge is 0.389 e. The minimum atomic E-state index is -1.12. The van der Waals surface area contributed by atoms with Crippen molar-refractivity contribution in [2.24, 2.45) is 5.73 Å². The molecule has 0 saturated carbocycles. The van der Waals surface area contributed by atoms with Gasteiger partial charge in [-0.3, -0.25) is 0 Å². The van der Waals surface area contributed by atoms with Crippen LogP contribution in [0.3, 0.4) is 0 Å². The van der Waals surface area contributed by atoms with Crippen LogP contribution < -0.4 is 11.1 Å². The number of nitrogens with two attached hydrogens (primary N) is 1. The van der Waals surface area contributed by atoms with E-state index in [9.17, 15) is 13.2 Å². The number of anilines is 1. The number of hydrogen-bond acceptors (Lipinski definition) is 2. The van der Waals surface area contributed by atoms with Crippen LogP contribution in [-0.2, 0) is 0 Å². The summed E-state index contributed by atoms with van der Waals surface area (Å²) in [5.74, 6) is -2.63. The van der Waals surface area contributed by atoms with Crippen molar-refractivity contribution in [2.45, 2.75) is 13.0 Å². The maximum atomic E-state index is 14.0. The first-order chi connectivity index (χ1) is 9.91. The summed E-state index contributed by atoms with van der Waals surface area (Å²) in [7, 11) is 0. The Morgan fingerprint density at radius 1 is 1.10 bits per heavy atom. The molecule has 6 heteroatoms. The van der Waals surface area contributed by atoms with E-state index >= 15 is 0 Å². The summed E-state index contributed by atoms with van der Waals surface area (Å²) in [5, 5.41) is 2.74. The van der Waals surface area contributed by atoms with Gasteiger partial charge in [0, 0.05) is 11.1 Å². The predicted octanol–water partition coefficient (Wildman–Crippen LogP) is 3.91. The molecule has 21 heavy (non-hydrogen) atoms. The van der Waals surface area contributed by atoms with Crippen LogP contribution in [0.4, 0.5) is 18.9 Å². The maximum Gasteiger partial charge on any atom is 0.182 e. The molecule has 0 radical (unpaired) electrons. The molecule has 1 unspecified atom stereocenters. The van der Waals surface area contributed by atoms with Crippen molar-refractivity contribution in [1.29, 1.82) is 0 Å². The zero-order valence-electron chi connectivity index (χ0n) is 11.2. The minimum Gasteiger partial charge on any atom is -0.389 e. The molecule has 2 rings (SSSR count). The topological polar surface area (TPSA) is 38.0 Å². The highest BCUT2D eigenvalue weighted by molar-refractivity contribution is 7.80. The second kappa shape index (κ2) is 6.13. The summed E-state index contributed by atoms with van der Waals surface area (Å²) in [6.45, 7) is 1.65. The predicted molar refractivity (Wildman–Crippen MR) is 80.7 cm³/mol. The third-order valence-corrected chi connectivity index (χ3v) is 3.31. The van der Waals surface area contributed by atoms with Gasteiger partial charge in [0.15, 0.2) is 11.6 Å². The lowest BCUT2D eigenvalue weighted by Gasteiger charge is -2.17. The molecule has 0 heterocycles. The van der Waals surface area contributed by atoms with Crippen LogP contribution in [0.5, 0.6) is 0 Å². The molecule has 0 spiro atoms. The number of hydrogen-bond donors (Lipinski definition) is 2. The van der Waals surface area contributed by atoms with E-state index in [2.05, 4.69) is 17.5 Å². The van der Waals surface area contributed by atoms with Gasteiger partial charge >= 0.3 is 0 Å². The van der Waals surface area contributed by atoms with Crippen LogP contribution >= 0.6 is 12.2 Å². The van der Waals surface area contributed by atoms with Crippen LogP contribution in [0, 0.1) is 17.5 Å². The number of nitrogens with one attached hydrogen (secondary N) is 1. The van der Waals surface area contributed by atoms with Gasteiger partial charge in [-0.05, 0) is 25.1 Å². The Hall–Kier alpha value is -2.08. The Morgan fingerprint density at radius 3 is 2.38 bits per heavy atom. The Labute approximate surface area is 125 Å². The van der Waals surface area contributed by atoms with Crippen LogP contribution in [0.1, 0.15) is 24.1 Å². The second-order valence-corrected chi connectivity index (χ2v) is 4.98. The van der Waals surface area contributed by atoms with Crippen molar-refractivity contribution in [3.63, 3.8) is 0 Å². The highest BCUT2D eigenvalue weighted by Gasteiger charge is 2.17. The van der Waals surface area contributed by atoms with Gasteiger partial charge in [0.2, 0.25) is 0 Å².